The van der Waals surface area contributed by atoms with Crippen LogP contribution in [-0.4, -0.2) is 16.1 Å². The zero-order chi connectivity index (χ0) is 12.4. The van der Waals surface area contributed by atoms with Gasteiger partial charge in [-0.3, -0.25) is 0 Å². The van der Waals surface area contributed by atoms with Crippen LogP contribution in [0.2, 0.25) is 0 Å². The number of carbonyl (C=O) groups is 1. The molecule has 0 amide bonds. The van der Waals surface area contributed by atoms with Gasteiger partial charge < -0.3 is 10.8 Å². The third-order valence-electron chi connectivity index (χ3n) is 2.25. The normalized spacial score (nSPS) is 10.2. The van der Waals surface area contributed by atoms with E-state index in [0.717, 1.165) is 0 Å². The van der Waals surface area contributed by atoms with E-state index in [-0.39, 0.29) is 11.4 Å². The topological polar surface area (TPSA) is 76.2 Å². The Hall–Kier alpha value is -2.43. The molecule has 2 rings (SSSR count). The molecule has 0 radical (unpaired) electrons. The first-order valence-corrected chi connectivity index (χ1v) is 4.83. The van der Waals surface area contributed by atoms with Gasteiger partial charge in [0.1, 0.15) is 5.82 Å². The van der Waals surface area contributed by atoms with E-state index < -0.39 is 11.8 Å². The zero-order valence-electron chi connectivity index (χ0n) is 8.72. The molecule has 5 heteroatoms. The van der Waals surface area contributed by atoms with Gasteiger partial charge in [0.2, 0.25) is 0 Å². The van der Waals surface area contributed by atoms with Crippen molar-refractivity contribution in [1.82, 2.24) is 4.98 Å². The number of carboxylic acids is 1. The van der Waals surface area contributed by atoms with E-state index >= 15 is 0 Å². The van der Waals surface area contributed by atoms with Crippen LogP contribution < -0.4 is 5.73 Å². The number of benzene rings is 1. The fourth-order valence-corrected chi connectivity index (χ4v) is 1.45. The highest BCUT2D eigenvalue weighted by molar-refractivity contribution is 5.92. The zero-order valence-corrected chi connectivity index (χ0v) is 8.72. The summed E-state index contributed by atoms with van der Waals surface area (Å²) in [6, 6.07) is 8.76. The van der Waals surface area contributed by atoms with Crippen molar-refractivity contribution in [3.63, 3.8) is 0 Å². The third-order valence-corrected chi connectivity index (χ3v) is 2.25. The molecule has 0 unspecified atom stereocenters. The van der Waals surface area contributed by atoms with Crippen LogP contribution in [0.4, 0.5) is 10.1 Å². The first kappa shape index (κ1) is 11.1. The van der Waals surface area contributed by atoms with Crippen molar-refractivity contribution < 1.29 is 14.3 Å². The van der Waals surface area contributed by atoms with Gasteiger partial charge in [-0.25, -0.2) is 14.2 Å². The molecule has 0 aliphatic heterocycles. The SMILES string of the molecule is Nc1ccc(-c2cccc(F)c2)nc1C(=O)O. The van der Waals surface area contributed by atoms with Gasteiger partial charge in [-0.2, -0.15) is 0 Å². The van der Waals surface area contributed by atoms with Crippen LogP contribution in [-0.2, 0) is 0 Å². The highest BCUT2D eigenvalue weighted by Crippen LogP contribution is 2.20. The number of halogens is 1. The predicted molar refractivity (Wildman–Crippen MR) is 61.0 cm³/mol. The number of hydrogen-bond donors (Lipinski definition) is 2. The van der Waals surface area contributed by atoms with Gasteiger partial charge in [0, 0.05) is 5.56 Å². The second kappa shape index (κ2) is 4.21. The molecule has 1 aromatic carbocycles. The van der Waals surface area contributed by atoms with E-state index in [1.807, 2.05) is 0 Å². The second-order valence-corrected chi connectivity index (χ2v) is 3.45. The molecule has 3 N–H and O–H groups in total. The van der Waals surface area contributed by atoms with E-state index in [4.69, 9.17) is 10.8 Å². The number of pyridine rings is 1. The monoisotopic (exact) mass is 232 g/mol. The summed E-state index contributed by atoms with van der Waals surface area (Å²) in [5.74, 6) is -1.61. The van der Waals surface area contributed by atoms with Gasteiger partial charge >= 0.3 is 5.97 Å². The average Bonchev–Trinajstić information content (AvgIpc) is 2.29. The molecule has 17 heavy (non-hydrogen) atoms. The maximum absolute atomic E-state index is 13.0. The molecular formula is C12H9FN2O2. The third kappa shape index (κ3) is 2.23. The molecule has 2 aromatic rings. The lowest BCUT2D eigenvalue weighted by molar-refractivity contribution is 0.0692. The van der Waals surface area contributed by atoms with Crippen molar-refractivity contribution >= 4 is 11.7 Å². The molecule has 0 bridgehead atoms. The molecule has 0 saturated carbocycles. The summed E-state index contributed by atoms with van der Waals surface area (Å²) in [6.45, 7) is 0. The van der Waals surface area contributed by atoms with Gasteiger partial charge in [-0.1, -0.05) is 12.1 Å². The lowest BCUT2D eigenvalue weighted by atomic mass is 10.1. The van der Waals surface area contributed by atoms with E-state index in [1.54, 1.807) is 12.1 Å². The number of hydrogen-bond acceptors (Lipinski definition) is 3. The Morgan fingerprint density at radius 2 is 2.06 bits per heavy atom. The van der Waals surface area contributed by atoms with Gasteiger partial charge in [-0.15, -0.1) is 0 Å². The minimum Gasteiger partial charge on any atom is -0.476 e. The van der Waals surface area contributed by atoms with Crippen LogP contribution in [0.1, 0.15) is 10.5 Å². The summed E-state index contributed by atoms with van der Waals surface area (Å²) in [5.41, 5.74) is 6.21. The molecule has 1 aromatic heterocycles. The second-order valence-electron chi connectivity index (χ2n) is 3.45. The summed E-state index contributed by atoms with van der Waals surface area (Å²) in [4.78, 5) is 14.7. The maximum Gasteiger partial charge on any atom is 0.356 e. The number of rotatable bonds is 2. The van der Waals surface area contributed by atoms with Gasteiger partial charge in [-0.05, 0) is 24.3 Å². The van der Waals surface area contributed by atoms with Crippen molar-refractivity contribution in [1.29, 1.82) is 0 Å². The Balaban J connectivity index is 2.54. The molecule has 0 saturated heterocycles. The van der Waals surface area contributed by atoms with Crippen LogP contribution in [0.15, 0.2) is 36.4 Å². The van der Waals surface area contributed by atoms with Crippen molar-refractivity contribution in [3.05, 3.63) is 47.9 Å². The van der Waals surface area contributed by atoms with Crippen molar-refractivity contribution in [2.24, 2.45) is 0 Å². The number of nitrogens with two attached hydrogens (primary N) is 1. The molecule has 0 atom stereocenters. The molecule has 0 aliphatic carbocycles. The van der Waals surface area contributed by atoms with E-state index in [9.17, 15) is 9.18 Å². The quantitative estimate of drug-likeness (QED) is 0.831. The summed E-state index contributed by atoms with van der Waals surface area (Å²) < 4.78 is 13.0. The van der Waals surface area contributed by atoms with Gasteiger partial charge in [0.15, 0.2) is 5.69 Å². The van der Waals surface area contributed by atoms with Crippen LogP contribution in [0.3, 0.4) is 0 Å². The number of aromatic carboxylic acids is 1. The summed E-state index contributed by atoms with van der Waals surface area (Å²) in [6.07, 6.45) is 0. The number of nitrogen functional groups attached to an aromatic ring is 1. The Bertz CT molecular complexity index is 584. The Morgan fingerprint density at radius 3 is 2.71 bits per heavy atom. The predicted octanol–water partition coefficient (Wildman–Crippen LogP) is 2.17. The number of carboxylic acid groups (broad SMARTS) is 1. The van der Waals surface area contributed by atoms with Crippen molar-refractivity contribution in [2.75, 3.05) is 5.73 Å². The van der Waals surface area contributed by atoms with Crippen molar-refractivity contribution in [2.45, 2.75) is 0 Å². The lowest BCUT2D eigenvalue weighted by Gasteiger charge is -2.04. The van der Waals surface area contributed by atoms with E-state index in [2.05, 4.69) is 4.98 Å². The van der Waals surface area contributed by atoms with Gasteiger partial charge in [0.25, 0.3) is 0 Å². The van der Waals surface area contributed by atoms with Crippen LogP contribution in [0, 0.1) is 5.82 Å². The van der Waals surface area contributed by atoms with E-state index in [0.29, 0.717) is 11.3 Å². The van der Waals surface area contributed by atoms with Crippen LogP contribution in [0.25, 0.3) is 11.3 Å². The maximum atomic E-state index is 13.0. The first-order chi connectivity index (χ1) is 8.08. The minimum atomic E-state index is -1.21. The number of anilines is 1. The fraction of sp³-hybridized carbons (Fsp3) is 0. The molecular weight excluding hydrogens is 223 g/mol. The largest absolute Gasteiger partial charge is 0.476 e. The smallest absolute Gasteiger partial charge is 0.356 e. The molecule has 0 spiro atoms. The Kier molecular flexibility index (Phi) is 2.74. The van der Waals surface area contributed by atoms with Crippen LogP contribution in [0.5, 0.6) is 0 Å². The highest BCUT2D eigenvalue weighted by Gasteiger charge is 2.11. The summed E-state index contributed by atoms with van der Waals surface area (Å²) in [5, 5.41) is 8.88. The standard InChI is InChI=1S/C12H9FN2O2/c13-8-3-1-2-7(6-8)10-5-4-9(14)11(15-10)12(16)17/h1-6H,14H2,(H,16,17). The molecule has 0 aliphatic rings. The number of aromatic nitrogens is 1. The van der Waals surface area contributed by atoms with Crippen LogP contribution >= 0.6 is 0 Å². The Labute approximate surface area is 96.5 Å². The first-order valence-electron chi connectivity index (χ1n) is 4.83. The fourth-order valence-electron chi connectivity index (χ4n) is 1.45. The van der Waals surface area contributed by atoms with Gasteiger partial charge in [0.05, 0.1) is 11.4 Å². The summed E-state index contributed by atoms with van der Waals surface area (Å²) >= 11 is 0. The Morgan fingerprint density at radius 1 is 1.29 bits per heavy atom. The van der Waals surface area contributed by atoms with E-state index in [1.165, 1.54) is 24.3 Å². The molecule has 0 fully saturated rings. The minimum absolute atomic E-state index is 0.0812. The number of nitrogens with zero attached hydrogens (tertiary/aromatic N) is 1. The summed E-state index contributed by atoms with van der Waals surface area (Å²) in [7, 11) is 0. The molecule has 1 heterocycles. The van der Waals surface area contributed by atoms with Crippen molar-refractivity contribution in [3.8, 4) is 11.3 Å². The average molecular weight is 232 g/mol. The molecule has 86 valence electrons. The highest BCUT2D eigenvalue weighted by atomic mass is 19.1. The lowest BCUT2D eigenvalue weighted by Crippen LogP contribution is -2.06. The molecule has 4 nitrogen and oxygen atoms in total.